The third-order valence-corrected chi connectivity index (χ3v) is 5.31. The monoisotopic (exact) mass is 300 g/mol. The Labute approximate surface area is 119 Å². The van der Waals surface area contributed by atoms with Crippen molar-refractivity contribution in [2.45, 2.75) is 38.5 Å². The lowest BCUT2D eigenvalue weighted by Gasteiger charge is -2.18. The van der Waals surface area contributed by atoms with Crippen LogP contribution >= 0.6 is 0 Å². The van der Waals surface area contributed by atoms with Crippen LogP contribution in [0.3, 0.4) is 0 Å². The van der Waals surface area contributed by atoms with Crippen LogP contribution in [0.5, 0.6) is 0 Å². The first-order chi connectivity index (χ1) is 9.21. The summed E-state index contributed by atoms with van der Waals surface area (Å²) in [5.41, 5.74) is 0.955. The van der Waals surface area contributed by atoms with Crippen molar-refractivity contribution < 1.29 is 13.3 Å². The Morgan fingerprint density at radius 2 is 1.90 bits per heavy atom. The summed E-state index contributed by atoms with van der Waals surface area (Å²) in [5.74, 6) is 0. The summed E-state index contributed by atoms with van der Waals surface area (Å²) in [7, 11) is -2.19. The predicted octanol–water partition coefficient (Wildman–Crippen LogP) is 2.63. The van der Waals surface area contributed by atoms with E-state index in [-0.39, 0.29) is 10.6 Å². The average Bonchev–Trinajstić information content (AvgIpc) is 2.38. The molecular formula is C13H20N2O4S. The number of hydrogen-bond donors (Lipinski definition) is 0. The molecule has 0 N–H and O–H groups in total. The topological polar surface area (TPSA) is 80.5 Å². The molecule has 0 aromatic heterocycles. The van der Waals surface area contributed by atoms with Crippen molar-refractivity contribution in [3.05, 3.63) is 33.4 Å². The Hall–Kier alpha value is -1.47. The lowest BCUT2D eigenvalue weighted by atomic mass is 10.1. The number of hydrogen-bond acceptors (Lipinski definition) is 4. The molecule has 112 valence electrons. The number of nitrogens with zero attached hydrogens (tertiary/aromatic N) is 2. The summed E-state index contributed by atoms with van der Waals surface area (Å²) >= 11 is 0. The van der Waals surface area contributed by atoms with Gasteiger partial charge in [0.25, 0.3) is 5.69 Å². The molecule has 0 fully saturated rings. The fourth-order valence-electron chi connectivity index (χ4n) is 1.85. The van der Waals surface area contributed by atoms with E-state index >= 15 is 0 Å². The van der Waals surface area contributed by atoms with Crippen molar-refractivity contribution in [2.24, 2.45) is 0 Å². The lowest BCUT2D eigenvalue weighted by molar-refractivity contribution is -0.385. The number of unbranched alkanes of at least 4 members (excludes halogenated alkanes) is 1. The molecule has 0 aliphatic carbocycles. The van der Waals surface area contributed by atoms with E-state index < -0.39 is 14.9 Å². The number of nitro groups is 1. The maximum Gasteiger partial charge on any atom is 0.271 e. The Bertz CT molecular complexity index is 611. The molecule has 6 nitrogen and oxygen atoms in total. The minimum absolute atomic E-state index is 0.0165. The van der Waals surface area contributed by atoms with Gasteiger partial charge >= 0.3 is 0 Å². The molecule has 1 aromatic rings. The zero-order chi connectivity index (χ0) is 15.5. The third kappa shape index (κ3) is 3.34. The van der Waals surface area contributed by atoms with E-state index in [1.165, 1.54) is 17.4 Å². The normalized spacial score (nSPS) is 11.8. The number of benzene rings is 1. The second-order valence-electron chi connectivity index (χ2n) is 4.82. The van der Waals surface area contributed by atoms with Gasteiger partial charge < -0.3 is 0 Å². The van der Waals surface area contributed by atoms with E-state index in [2.05, 4.69) is 0 Å². The number of aryl methyl sites for hydroxylation is 1. The molecule has 0 saturated heterocycles. The number of rotatable bonds is 6. The van der Waals surface area contributed by atoms with E-state index in [1.54, 1.807) is 13.8 Å². The van der Waals surface area contributed by atoms with Crippen LogP contribution in [0.15, 0.2) is 17.0 Å². The summed E-state index contributed by atoms with van der Waals surface area (Å²) in [6.45, 7) is 5.72. The van der Waals surface area contributed by atoms with Gasteiger partial charge in [-0.1, -0.05) is 13.3 Å². The SMILES string of the molecule is CCCCN(C)S(=O)(=O)c1cc([N+](=O)[O-])cc(C)c1C. The zero-order valence-corrected chi connectivity index (χ0v) is 13.0. The van der Waals surface area contributed by atoms with Crippen molar-refractivity contribution in [3.63, 3.8) is 0 Å². The molecule has 0 bridgehead atoms. The third-order valence-electron chi connectivity index (χ3n) is 3.33. The van der Waals surface area contributed by atoms with Crippen LogP contribution in [0, 0.1) is 24.0 Å². The summed E-state index contributed by atoms with van der Waals surface area (Å²) in [4.78, 5) is 10.3. The molecule has 0 aliphatic heterocycles. The van der Waals surface area contributed by atoms with Gasteiger partial charge in [-0.05, 0) is 31.4 Å². The second kappa shape index (κ2) is 6.32. The quantitative estimate of drug-likeness (QED) is 0.597. The van der Waals surface area contributed by atoms with Gasteiger partial charge in [-0.3, -0.25) is 10.1 Å². The van der Waals surface area contributed by atoms with Gasteiger partial charge in [-0.25, -0.2) is 12.7 Å². The van der Waals surface area contributed by atoms with Gasteiger partial charge in [0.15, 0.2) is 0 Å². The van der Waals surface area contributed by atoms with Crippen molar-refractivity contribution in [1.29, 1.82) is 0 Å². The molecule has 0 aliphatic rings. The summed E-state index contributed by atoms with van der Waals surface area (Å²) in [6.07, 6.45) is 1.63. The van der Waals surface area contributed by atoms with E-state index in [0.717, 1.165) is 18.9 Å². The minimum atomic E-state index is -3.69. The van der Waals surface area contributed by atoms with Crippen LogP contribution in [0.2, 0.25) is 0 Å². The highest BCUT2D eigenvalue weighted by Gasteiger charge is 2.25. The first kappa shape index (κ1) is 16.6. The highest BCUT2D eigenvalue weighted by Crippen LogP contribution is 2.27. The van der Waals surface area contributed by atoms with Crippen LogP contribution in [0.25, 0.3) is 0 Å². The number of non-ortho nitro benzene ring substituents is 1. The smallest absolute Gasteiger partial charge is 0.258 e. The van der Waals surface area contributed by atoms with E-state index in [0.29, 0.717) is 17.7 Å². The Morgan fingerprint density at radius 1 is 1.30 bits per heavy atom. The van der Waals surface area contributed by atoms with Gasteiger partial charge in [0.2, 0.25) is 10.0 Å². The standard InChI is InChI=1S/C13H20N2O4S/c1-5-6-7-14(4)20(18,19)13-9-12(15(16)17)8-10(2)11(13)3/h8-9H,5-7H2,1-4H3. The number of sulfonamides is 1. The van der Waals surface area contributed by atoms with E-state index in [4.69, 9.17) is 0 Å². The van der Waals surface area contributed by atoms with Crippen molar-refractivity contribution >= 4 is 15.7 Å². The first-order valence-electron chi connectivity index (χ1n) is 6.43. The summed E-state index contributed by atoms with van der Waals surface area (Å²) < 4.78 is 26.2. The summed E-state index contributed by atoms with van der Waals surface area (Å²) in [6, 6.07) is 2.53. The molecule has 20 heavy (non-hydrogen) atoms. The summed E-state index contributed by atoms with van der Waals surface area (Å²) in [5, 5.41) is 10.9. The van der Waals surface area contributed by atoms with Gasteiger partial charge in [0.1, 0.15) is 0 Å². The van der Waals surface area contributed by atoms with Crippen LogP contribution in [0.4, 0.5) is 5.69 Å². The minimum Gasteiger partial charge on any atom is -0.258 e. The number of nitro benzene ring substituents is 1. The van der Waals surface area contributed by atoms with Crippen LogP contribution in [0.1, 0.15) is 30.9 Å². The fourth-order valence-corrected chi connectivity index (χ4v) is 3.37. The van der Waals surface area contributed by atoms with Crippen molar-refractivity contribution in [3.8, 4) is 0 Å². The highest BCUT2D eigenvalue weighted by molar-refractivity contribution is 7.89. The van der Waals surface area contributed by atoms with E-state index in [1.807, 2.05) is 6.92 Å². The zero-order valence-electron chi connectivity index (χ0n) is 12.2. The van der Waals surface area contributed by atoms with Gasteiger partial charge in [-0.2, -0.15) is 0 Å². The maximum absolute atomic E-state index is 12.5. The van der Waals surface area contributed by atoms with Gasteiger partial charge in [0.05, 0.1) is 9.82 Å². The molecule has 7 heteroatoms. The van der Waals surface area contributed by atoms with Crippen molar-refractivity contribution in [2.75, 3.05) is 13.6 Å². The van der Waals surface area contributed by atoms with Gasteiger partial charge in [0, 0.05) is 25.7 Å². The molecule has 1 aromatic carbocycles. The van der Waals surface area contributed by atoms with E-state index in [9.17, 15) is 18.5 Å². The largest absolute Gasteiger partial charge is 0.271 e. The molecule has 0 heterocycles. The fraction of sp³-hybridized carbons (Fsp3) is 0.538. The molecule has 0 atom stereocenters. The molecular weight excluding hydrogens is 280 g/mol. The van der Waals surface area contributed by atoms with Crippen LogP contribution in [-0.2, 0) is 10.0 Å². The molecule has 0 spiro atoms. The van der Waals surface area contributed by atoms with Crippen LogP contribution in [-0.4, -0.2) is 31.2 Å². The Kier molecular flexibility index (Phi) is 5.24. The van der Waals surface area contributed by atoms with Crippen molar-refractivity contribution in [1.82, 2.24) is 4.31 Å². The lowest BCUT2D eigenvalue weighted by Crippen LogP contribution is -2.28. The predicted molar refractivity (Wildman–Crippen MR) is 77.3 cm³/mol. The average molecular weight is 300 g/mol. The Balaban J connectivity index is 3.34. The molecule has 1 rings (SSSR count). The molecule has 0 saturated carbocycles. The molecule has 0 unspecified atom stereocenters. The molecule has 0 amide bonds. The highest BCUT2D eigenvalue weighted by atomic mass is 32.2. The maximum atomic E-state index is 12.5. The second-order valence-corrected chi connectivity index (χ2v) is 6.84. The van der Waals surface area contributed by atoms with Gasteiger partial charge in [-0.15, -0.1) is 0 Å². The Morgan fingerprint density at radius 3 is 2.40 bits per heavy atom. The molecule has 0 radical (unpaired) electrons. The first-order valence-corrected chi connectivity index (χ1v) is 7.87. The van der Waals surface area contributed by atoms with Crippen LogP contribution < -0.4 is 0 Å².